The van der Waals surface area contributed by atoms with E-state index in [-0.39, 0.29) is 5.91 Å². The summed E-state index contributed by atoms with van der Waals surface area (Å²) >= 11 is 0. The summed E-state index contributed by atoms with van der Waals surface area (Å²) in [5.74, 6) is 0.0639. The molecule has 4 aromatic rings. The number of hydrogen-bond acceptors (Lipinski definition) is 2. The number of aryl methyl sites for hydroxylation is 2. The molecule has 28 heavy (non-hydrogen) atoms. The molecule has 0 saturated carbocycles. The molecule has 1 amide bonds. The third kappa shape index (κ3) is 3.16. The van der Waals surface area contributed by atoms with E-state index in [1.807, 2.05) is 18.3 Å². The minimum absolute atomic E-state index is 0.0639. The zero-order chi connectivity index (χ0) is 18.9. The Balaban J connectivity index is 1.33. The van der Waals surface area contributed by atoms with E-state index >= 15 is 0 Å². The van der Waals surface area contributed by atoms with Crippen LogP contribution in [0.5, 0.6) is 0 Å². The molecule has 2 heterocycles. The van der Waals surface area contributed by atoms with Crippen LogP contribution in [0.3, 0.4) is 0 Å². The number of nitrogens with one attached hydrogen (secondary N) is 1. The third-order valence-electron chi connectivity index (χ3n) is 5.42. The predicted octanol–water partition coefficient (Wildman–Crippen LogP) is 5.18. The summed E-state index contributed by atoms with van der Waals surface area (Å²) in [4.78, 5) is 16.2. The maximum Gasteiger partial charge on any atom is 0.228 e. The summed E-state index contributed by atoms with van der Waals surface area (Å²) in [5.41, 5.74) is 6.62. The molecule has 0 atom stereocenters. The van der Waals surface area contributed by atoms with Crippen molar-refractivity contribution in [2.24, 2.45) is 0 Å². The lowest BCUT2D eigenvalue weighted by Crippen LogP contribution is -2.03. The molecule has 1 aliphatic rings. The van der Waals surface area contributed by atoms with Gasteiger partial charge in [0.05, 0.1) is 6.42 Å². The molecule has 0 bridgehead atoms. The lowest BCUT2D eigenvalue weighted by Gasteiger charge is -2.08. The monoisotopic (exact) mass is 364 g/mol. The molecule has 3 aromatic carbocycles. The van der Waals surface area contributed by atoms with Gasteiger partial charge in [-0.25, -0.2) is 0 Å². The molecular formula is C25H20N2O. The molecule has 0 unspecified atom stereocenters. The first-order chi connectivity index (χ1) is 13.8. The Hall–Kier alpha value is -3.46. The molecule has 1 aliphatic heterocycles. The zero-order valence-electron chi connectivity index (χ0n) is 15.5. The summed E-state index contributed by atoms with van der Waals surface area (Å²) in [6, 6.07) is 25.3. The van der Waals surface area contributed by atoms with Crippen molar-refractivity contribution in [3.63, 3.8) is 0 Å². The van der Waals surface area contributed by atoms with E-state index < -0.39 is 0 Å². The molecule has 0 saturated heterocycles. The van der Waals surface area contributed by atoms with Crippen molar-refractivity contribution < 1.29 is 4.79 Å². The van der Waals surface area contributed by atoms with Gasteiger partial charge in [0, 0.05) is 23.1 Å². The van der Waals surface area contributed by atoms with Crippen LogP contribution in [0.25, 0.3) is 21.9 Å². The number of carbonyl (C=O) groups excluding carboxylic acids is 1. The van der Waals surface area contributed by atoms with Crippen molar-refractivity contribution in [1.82, 2.24) is 4.98 Å². The second kappa shape index (κ2) is 6.93. The average molecular weight is 364 g/mol. The molecule has 1 N–H and O–H groups in total. The Bertz CT molecular complexity index is 1170. The van der Waals surface area contributed by atoms with Gasteiger partial charge in [0.1, 0.15) is 0 Å². The molecule has 0 fully saturated rings. The number of hydrogen-bond donors (Lipinski definition) is 1. The first-order valence-electron chi connectivity index (χ1n) is 9.61. The maximum absolute atomic E-state index is 11.5. The third-order valence-corrected chi connectivity index (χ3v) is 5.42. The largest absolute Gasteiger partial charge is 0.326 e. The van der Waals surface area contributed by atoms with Gasteiger partial charge >= 0.3 is 0 Å². The van der Waals surface area contributed by atoms with Crippen molar-refractivity contribution in [3.05, 3.63) is 95.8 Å². The first kappa shape index (κ1) is 16.7. The van der Waals surface area contributed by atoms with Gasteiger partial charge in [-0.05, 0) is 58.5 Å². The van der Waals surface area contributed by atoms with Crippen molar-refractivity contribution in [1.29, 1.82) is 0 Å². The summed E-state index contributed by atoms with van der Waals surface area (Å²) in [7, 11) is 0. The minimum atomic E-state index is 0.0639. The molecule has 0 aliphatic carbocycles. The van der Waals surface area contributed by atoms with E-state index in [1.165, 1.54) is 16.3 Å². The van der Waals surface area contributed by atoms with E-state index in [4.69, 9.17) is 0 Å². The van der Waals surface area contributed by atoms with Crippen molar-refractivity contribution in [3.8, 4) is 11.1 Å². The van der Waals surface area contributed by atoms with E-state index in [0.29, 0.717) is 6.42 Å². The number of fused-ring (bicyclic) bond motifs is 2. The van der Waals surface area contributed by atoms with Crippen LogP contribution in [-0.2, 0) is 24.1 Å². The molecule has 0 radical (unpaired) electrons. The first-order valence-corrected chi connectivity index (χ1v) is 9.61. The predicted molar refractivity (Wildman–Crippen MR) is 113 cm³/mol. The van der Waals surface area contributed by atoms with E-state index in [2.05, 4.69) is 71.0 Å². The number of rotatable bonds is 4. The van der Waals surface area contributed by atoms with Crippen LogP contribution in [0.1, 0.15) is 16.8 Å². The van der Waals surface area contributed by atoms with Crippen LogP contribution in [0.2, 0.25) is 0 Å². The summed E-state index contributed by atoms with van der Waals surface area (Å²) in [5, 5.41) is 5.48. The van der Waals surface area contributed by atoms with Gasteiger partial charge in [0.15, 0.2) is 0 Å². The lowest BCUT2D eigenvalue weighted by molar-refractivity contribution is -0.115. The summed E-state index contributed by atoms with van der Waals surface area (Å²) in [6.45, 7) is 0. The lowest BCUT2D eigenvalue weighted by atomic mass is 9.99. The highest BCUT2D eigenvalue weighted by atomic mass is 16.1. The van der Waals surface area contributed by atoms with Crippen LogP contribution >= 0.6 is 0 Å². The molecule has 3 heteroatoms. The van der Waals surface area contributed by atoms with Gasteiger partial charge in [-0.1, -0.05) is 54.6 Å². The fourth-order valence-electron chi connectivity index (χ4n) is 3.93. The molecule has 136 valence electrons. The van der Waals surface area contributed by atoms with Gasteiger partial charge in [0.2, 0.25) is 5.91 Å². The quantitative estimate of drug-likeness (QED) is 0.542. The number of pyridine rings is 1. The highest BCUT2D eigenvalue weighted by Crippen LogP contribution is 2.29. The molecule has 3 nitrogen and oxygen atoms in total. The summed E-state index contributed by atoms with van der Waals surface area (Å²) in [6.07, 6.45) is 4.28. The number of benzene rings is 3. The van der Waals surface area contributed by atoms with Crippen molar-refractivity contribution in [2.75, 3.05) is 5.32 Å². The van der Waals surface area contributed by atoms with Gasteiger partial charge in [-0.2, -0.15) is 0 Å². The van der Waals surface area contributed by atoms with Gasteiger partial charge in [-0.3, -0.25) is 9.78 Å². The number of nitrogens with zero attached hydrogens (tertiary/aromatic N) is 1. The maximum atomic E-state index is 11.5. The molecule has 1 aromatic heterocycles. The molecule has 0 spiro atoms. The summed E-state index contributed by atoms with van der Waals surface area (Å²) < 4.78 is 0. The average Bonchev–Trinajstić information content (AvgIpc) is 3.12. The fraction of sp³-hybridized carbons (Fsp3) is 0.120. The Morgan fingerprint density at radius 2 is 1.71 bits per heavy atom. The van der Waals surface area contributed by atoms with Gasteiger partial charge in [0.25, 0.3) is 0 Å². The van der Waals surface area contributed by atoms with Crippen molar-refractivity contribution in [2.45, 2.75) is 19.3 Å². The molecular weight excluding hydrogens is 344 g/mol. The van der Waals surface area contributed by atoms with Crippen LogP contribution < -0.4 is 5.32 Å². The van der Waals surface area contributed by atoms with Crippen LogP contribution in [0.4, 0.5) is 5.69 Å². The highest BCUT2D eigenvalue weighted by Gasteiger charge is 2.17. The van der Waals surface area contributed by atoms with Crippen LogP contribution in [0, 0.1) is 0 Å². The minimum Gasteiger partial charge on any atom is -0.326 e. The number of carbonyl (C=O) groups is 1. The zero-order valence-corrected chi connectivity index (χ0v) is 15.5. The van der Waals surface area contributed by atoms with E-state index in [0.717, 1.165) is 40.9 Å². The Labute approximate surface area is 164 Å². The second-order valence-electron chi connectivity index (χ2n) is 7.27. The Morgan fingerprint density at radius 3 is 2.61 bits per heavy atom. The van der Waals surface area contributed by atoms with Crippen LogP contribution in [-0.4, -0.2) is 10.9 Å². The smallest absolute Gasteiger partial charge is 0.228 e. The highest BCUT2D eigenvalue weighted by molar-refractivity contribution is 5.99. The number of aromatic nitrogens is 1. The van der Waals surface area contributed by atoms with Crippen molar-refractivity contribution >= 4 is 22.4 Å². The fourth-order valence-corrected chi connectivity index (χ4v) is 3.93. The number of anilines is 1. The molecule has 5 rings (SSSR count). The number of amides is 1. The van der Waals surface area contributed by atoms with E-state index in [9.17, 15) is 4.79 Å². The standard InChI is InChI=1S/C25H20N2O/c28-25-15-21-14-19(10-13-24(21)27-25)20-9-12-22(26-16-20)11-8-18-6-3-5-17-4-1-2-7-23(17)18/h1-7,9-10,12-14,16H,8,11,15H2,(H,27,28). The van der Waals surface area contributed by atoms with Crippen LogP contribution in [0.15, 0.2) is 79.0 Å². The Morgan fingerprint density at radius 1 is 0.857 bits per heavy atom. The van der Waals surface area contributed by atoms with Gasteiger partial charge in [-0.15, -0.1) is 0 Å². The van der Waals surface area contributed by atoms with Gasteiger partial charge < -0.3 is 5.32 Å². The second-order valence-corrected chi connectivity index (χ2v) is 7.27. The SMILES string of the molecule is O=C1Cc2cc(-c3ccc(CCc4cccc5ccccc45)nc3)ccc2N1. The normalized spacial score (nSPS) is 12.8. The topological polar surface area (TPSA) is 42.0 Å². The Kier molecular flexibility index (Phi) is 4.13. The van der Waals surface area contributed by atoms with E-state index in [1.54, 1.807) is 0 Å².